The predicted octanol–water partition coefficient (Wildman–Crippen LogP) is 3.16. The number of nitrogens with zero attached hydrogens (tertiary/aromatic N) is 2. The van der Waals surface area contributed by atoms with Crippen molar-refractivity contribution in [1.29, 1.82) is 0 Å². The molecule has 0 aliphatic rings. The monoisotopic (exact) mass is 294 g/mol. The first-order valence-electron chi connectivity index (χ1n) is 5.52. The fourth-order valence-corrected chi connectivity index (χ4v) is 2.27. The van der Waals surface area contributed by atoms with E-state index >= 15 is 0 Å². The van der Waals surface area contributed by atoms with Crippen molar-refractivity contribution < 1.29 is 19.6 Å². The summed E-state index contributed by atoms with van der Waals surface area (Å²) in [5.74, 6) is -1.18. The lowest BCUT2D eigenvalue weighted by atomic mass is 10.2. The van der Waals surface area contributed by atoms with Gasteiger partial charge in [0.05, 0.1) is 10.6 Å². The Balaban J connectivity index is 2.36. The summed E-state index contributed by atoms with van der Waals surface area (Å²) < 4.78 is 5.43. The molecular weight excluding hydrogens is 284 g/mol. The summed E-state index contributed by atoms with van der Waals surface area (Å²) in [4.78, 5) is 26.1. The van der Waals surface area contributed by atoms with Crippen LogP contribution >= 0.6 is 11.3 Å². The van der Waals surface area contributed by atoms with Crippen LogP contribution in [0.25, 0.3) is 0 Å². The lowest BCUT2D eigenvalue weighted by Gasteiger charge is -2.03. The molecule has 2 rings (SSSR count). The third-order valence-electron chi connectivity index (χ3n) is 2.61. The van der Waals surface area contributed by atoms with Crippen LogP contribution in [0.4, 0.5) is 5.69 Å². The largest absolute Gasteiger partial charge is 0.477 e. The molecule has 1 N–H and O–H groups in total. The molecule has 0 spiro atoms. The van der Waals surface area contributed by atoms with Crippen molar-refractivity contribution in [3.05, 3.63) is 44.4 Å². The molecule has 7 nitrogen and oxygen atoms in total. The number of benzene rings is 1. The van der Waals surface area contributed by atoms with Gasteiger partial charge in [-0.2, -0.15) is 0 Å². The third kappa shape index (κ3) is 2.75. The van der Waals surface area contributed by atoms with Crippen LogP contribution in [0.15, 0.2) is 18.2 Å². The zero-order valence-electron chi connectivity index (χ0n) is 10.6. The lowest BCUT2D eigenvalue weighted by Crippen LogP contribution is -2.02. The highest BCUT2D eigenvalue weighted by Gasteiger charge is 2.21. The molecule has 0 fully saturated rings. The summed E-state index contributed by atoms with van der Waals surface area (Å²) in [6.45, 7) is 3.72. The van der Waals surface area contributed by atoms with Gasteiger partial charge in [0.15, 0.2) is 0 Å². The molecule has 0 bridgehead atoms. The summed E-state index contributed by atoms with van der Waals surface area (Å²) in [5.41, 5.74) is -0.0702. The third-order valence-corrected chi connectivity index (χ3v) is 3.56. The molecule has 8 heteroatoms. The summed E-state index contributed by atoms with van der Waals surface area (Å²) in [5, 5.41) is 20.1. The zero-order valence-corrected chi connectivity index (χ0v) is 11.4. The average Bonchev–Trinajstić information content (AvgIpc) is 2.67. The summed E-state index contributed by atoms with van der Waals surface area (Å²) in [6.07, 6.45) is 0. The summed E-state index contributed by atoms with van der Waals surface area (Å²) in [6, 6.07) is 3.56. The van der Waals surface area contributed by atoms with Gasteiger partial charge >= 0.3 is 5.97 Å². The Labute approximate surface area is 117 Å². The first-order chi connectivity index (χ1) is 9.38. The molecule has 0 unspecified atom stereocenters. The minimum absolute atomic E-state index is 0.196. The number of nitro benzene ring substituents is 1. The molecule has 1 aromatic carbocycles. The van der Waals surface area contributed by atoms with E-state index in [0.717, 1.165) is 22.7 Å². The molecular formula is C12H10N2O5S. The van der Waals surface area contributed by atoms with E-state index in [-0.39, 0.29) is 5.75 Å². The molecule has 2 aromatic rings. The predicted molar refractivity (Wildman–Crippen MR) is 71.7 cm³/mol. The Morgan fingerprint density at radius 3 is 2.65 bits per heavy atom. The van der Waals surface area contributed by atoms with Gasteiger partial charge in [0.25, 0.3) is 10.9 Å². The maximum absolute atomic E-state index is 11.0. The second kappa shape index (κ2) is 5.25. The minimum Gasteiger partial charge on any atom is -0.477 e. The molecule has 1 heterocycles. The van der Waals surface area contributed by atoms with Crippen molar-refractivity contribution in [2.45, 2.75) is 13.8 Å². The quantitative estimate of drug-likeness (QED) is 0.686. The molecule has 0 saturated heterocycles. The number of carboxylic acid groups (broad SMARTS) is 1. The van der Waals surface area contributed by atoms with Gasteiger partial charge < -0.3 is 9.84 Å². The van der Waals surface area contributed by atoms with Crippen molar-refractivity contribution in [2.75, 3.05) is 0 Å². The summed E-state index contributed by atoms with van der Waals surface area (Å²) >= 11 is 1.32. The van der Waals surface area contributed by atoms with Crippen LogP contribution in [0, 0.1) is 24.0 Å². The highest BCUT2D eigenvalue weighted by Crippen LogP contribution is 2.31. The number of rotatable bonds is 4. The van der Waals surface area contributed by atoms with E-state index in [0.29, 0.717) is 5.19 Å². The van der Waals surface area contributed by atoms with E-state index in [2.05, 4.69) is 4.98 Å². The van der Waals surface area contributed by atoms with Gasteiger partial charge in [-0.15, -0.1) is 0 Å². The molecule has 104 valence electrons. The molecule has 0 aliphatic heterocycles. The maximum atomic E-state index is 11.0. The molecule has 0 saturated carbocycles. The van der Waals surface area contributed by atoms with Crippen molar-refractivity contribution in [2.24, 2.45) is 0 Å². The fourth-order valence-electron chi connectivity index (χ4n) is 1.50. The van der Waals surface area contributed by atoms with Crippen molar-refractivity contribution in [3.8, 4) is 10.9 Å². The van der Waals surface area contributed by atoms with Crippen LogP contribution in [0.5, 0.6) is 10.9 Å². The zero-order chi connectivity index (χ0) is 14.9. The molecule has 0 atom stereocenters. The van der Waals surface area contributed by atoms with E-state index in [1.807, 2.05) is 13.8 Å². The number of hydrogen-bond acceptors (Lipinski definition) is 6. The normalized spacial score (nSPS) is 10.3. The Bertz CT molecular complexity index is 676. The standard InChI is InChI=1S/C12H10N2O5S/c1-6-7(2)20-12(13-6)19-8-3-4-10(14(17)18)9(5-8)11(15)16/h3-5H,1-2H3,(H,15,16). The second-order valence-corrected chi connectivity index (χ2v) is 5.13. The number of nitro groups is 1. The number of aromatic carboxylic acids is 1. The number of carboxylic acids is 1. The van der Waals surface area contributed by atoms with E-state index in [9.17, 15) is 14.9 Å². The van der Waals surface area contributed by atoms with Crippen LogP contribution in [0.1, 0.15) is 20.9 Å². The Kier molecular flexibility index (Phi) is 3.66. The van der Waals surface area contributed by atoms with Gasteiger partial charge in [0.1, 0.15) is 11.3 Å². The Hall–Kier alpha value is -2.48. The van der Waals surface area contributed by atoms with Gasteiger partial charge in [0, 0.05) is 17.0 Å². The second-order valence-electron chi connectivity index (χ2n) is 3.96. The van der Waals surface area contributed by atoms with Crippen LogP contribution in [0.2, 0.25) is 0 Å². The molecule has 1 aromatic heterocycles. The van der Waals surface area contributed by atoms with Crippen LogP contribution < -0.4 is 4.74 Å². The number of aromatic nitrogens is 1. The van der Waals surface area contributed by atoms with E-state index in [1.54, 1.807) is 0 Å². The number of hydrogen-bond donors (Lipinski definition) is 1. The topological polar surface area (TPSA) is 103 Å². The smallest absolute Gasteiger partial charge is 0.342 e. The number of thiazole rings is 1. The van der Waals surface area contributed by atoms with Gasteiger partial charge in [-0.25, -0.2) is 9.78 Å². The van der Waals surface area contributed by atoms with Crippen LogP contribution in [-0.2, 0) is 0 Å². The molecule has 20 heavy (non-hydrogen) atoms. The highest BCUT2D eigenvalue weighted by atomic mass is 32.1. The number of ether oxygens (including phenoxy) is 1. The van der Waals surface area contributed by atoms with Gasteiger partial charge in [-0.3, -0.25) is 10.1 Å². The molecule has 0 amide bonds. The average molecular weight is 294 g/mol. The SMILES string of the molecule is Cc1nc(Oc2ccc([N+](=O)[O-])c(C(=O)O)c2)sc1C. The molecule has 0 aliphatic carbocycles. The van der Waals surface area contributed by atoms with Crippen molar-refractivity contribution in [1.82, 2.24) is 4.98 Å². The fraction of sp³-hybridized carbons (Fsp3) is 0.167. The Morgan fingerprint density at radius 1 is 1.45 bits per heavy atom. The van der Waals surface area contributed by atoms with Gasteiger partial charge in [0.2, 0.25) is 0 Å². The van der Waals surface area contributed by atoms with E-state index < -0.39 is 22.1 Å². The first-order valence-corrected chi connectivity index (χ1v) is 6.33. The van der Waals surface area contributed by atoms with E-state index in [1.165, 1.54) is 17.4 Å². The molecule has 0 radical (unpaired) electrons. The maximum Gasteiger partial charge on any atom is 0.342 e. The van der Waals surface area contributed by atoms with Crippen molar-refractivity contribution >= 4 is 23.0 Å². The number of carbonyl (C=O) groups is 1. The van der Waals surface area contributed by atoms with E-state index in [4.69, 9.17) is 9.84 Å². The van der Waals surface area contributed by atoms with Gasteiger partial charge in [-0.05, 0) is 19.9 Å². The van der Waals surface area contributed by atoms with Crippen LogP contribution in [0.3, 0.4) is 0 Å². The van der Waals surface area contributed by atoms with Crippen LogP contribution in [-0.4, -0.2) is 21.0 Å². The summed E-state index contributed by atoms with van der Waals surface area (Å²) in [7, 11) is 0. The minimum atomic E-state index is -1.38. The Morgan fingerprint density at radius 2 is 2.15 bits per heavy atom. The lowest BCUT2D eigenvalue weighted by molar-refractivity contribution is -0.385. The van der Waals surface area contributed by atoms with Gasteiger partial charge in [-0.1, -0.05) is 11.3 Å². The first kappa shape index (κ1) is 13.9. The number of aryl methyl sites for hydroxylation is 2. The highest BCUT2D eigenvalue weighted by molar-refractivity contribution is 7.13. The van der Waals surface area contributed by atoms with Crippen molar-refractivity contribution in [3.63, 3.8) is 0 Å².